The van der Waals surface area contributed by atoms with Crippen LogP contribution in [0.5, 0.6) is 5.75 Å². The van der Waals surface area contributed by atoms with E-state index in [1.54, 1.807) is 13.0 Å². The molecule has 2 rings (SSSR count). The number of nitrogens with zero attached hydrogens (tertiary/aromatic N) is 3. The van der Waals surface area contributed by atoms with Crippen LogP contribution in [0, 0.1) is 50.1 Å². The highest BCUT2D eigenvalue weighted by molar-refractivity contribution is 6.32. The van der Waals surface area contributed by atoms with E-state index in [-0.39, 0.29) is 10.0 Å². The van der Waals surface area contributed by atoms with Crippen LogP contribution in [0.4, 0.5) is 20.2 Å². The first kappa shape index (κ1) is 24.0. The molecule has 0 saturated heterocycles. The van der Waals surface area contributed by atoms with Crippen LogP contribution in [0.3, 0.4) is 0 Å². The number of halogens is 4. The molecule has 27 heavy (non-hydrogen) atoms. The van der Waals surface area contributed by atoms with Gasteiger partial charge in [-0.25, -0.2) is 0 Å². The lowest BCUT2D eigenvalue weighted by atomic mass is 10.2. The van der Waals surface area contributed by atoms with Crippen LogP contribution in [-0.4, -0.2) is 15.0 Å². The summed E-state index contributed by atoms with van der Waals surface area (Å²) in [6.07, 6.45) is 0. The topological polar surface area (TPSA) is 130 Å². The lowest BCUT2D eigenvalue weighted by molar-refractivity contribution is -0.387. The zero-order valence-corrected chi connectivity index (χ0v) is 15.3. The highest BCUT2D eigenvalue weighted by Crippen LogP contribution is 2.30. The molecule has 0 saturated carbocycles. The zero-order valence-electron chi connectivity index (χ0n) is 13.7. The van der Waals surface area contributed by atoms with E-state index in [4.69, 9.17) is 33.6 Å². The molecule has 0 fully saturated rings. The van der Waals surface area contributed by atoms with Gasteiger partial charge in [0.15, 0.2) is 0 Å². The quantitative estimate of drug-likeness (QED) is 0.515. The average molecular weight is 422 g/mol. The van der Waals surface area contributed by atoms with Gasteiger partial charge in [-0.15, -0.1) is 0 Å². The van der Waals surface area contributed by atoms with E-state index in [9.17, 15) is 29.0 Å². The molecule has 0 radical (unpaired) electrons. The average Bonchev–Trinajstić information content (AvgIpc) is 2.55. The smallest absolute Gasteiger partial charge is 0.308 e. The number of aromatic hydroxyl groups is 1. The Morgan fingerprint density at radius 1 is 1.00 bits per heavy atom. The molecule has 0 heterocycles. The third kappa shape index (κ3) is 7.39. The van der Waals surface area contributed by atoms with Crippen LogP contribution >= 0.6 is 23.2 Å². The van der Waals surface area contributed by atoms with Gasteiger partial charge in [0, 0.05) is 24.1 Å². The maximum Gasteiger partial charge on any atom is 0.308 e. The van der Waals surface area contributed by atoms with E-state index in [2.05, 4.69) is 0 Å². The molecular formula is C15H11Cl2F2N3O5. The van der Waals surface area contributed by atoms with Gasteiger partial charge >= 0.3 is 11.4 Å². The van der Waals surface area contributed by atoms with E-state index in [1.807, 2.05) is 0 Å². The fourth-order valence-corrected chi connectivity index (χ4v) is 1.75. The van der Waals surface area contributed by atoms with Gasteiger partial charge in [0.05, 0.1) is 27.0 Å². The molecule has 2 aromatic rings. The van der Waals surface area contributed by atoms with E-state index >= 15 is 0 Å². The van der Waals surface area contributed by atoms with Crippen molar-refractivity contribution in [2.24, 2.45) is 0 Å². The number of rotatable bonds is 2. The van der Waals surface area contributed by atoms with Gasteiger partial charge in [-0.05, 0) is 18.6 Å². The number of nitro benzene ring substituents is 2. The SMILES string of the molecule is CC#N.Cc1cc([N+](=O)[O-])c(F)cc1Cl.O=[N+]([O-])c1cc(O)c(Cl)cc1F. The van der Waals surface area contributed by atoms with Gasteiger partial charge in [-0.3, -0.25) is 20.2 Å². The summed E-state index contributed by atoms with van der Waals surface area (Å²) in [5.74, 6) is -2.48. The first-order valence-corrected chi connectivity index (χ1v) is 7.45. The van der Waals surface area contributed by atoms with Crippen molar-refractivity contribution < 1.29 is 23.7 Å². The molecule has 0 atom stereocenters. The van der Waals surface area contributed by atoms with Crippen LogP contribution in [0.25, 0.3) is 0 Å². The summed E-state index contributed by atoms with van der Waals surface area (Å²) in [4.78, 5) is 18.6. The number of hydrogen-bond acceptors (Lipinski definition) is 6. The Morgan fingerprint density at radius 2 is 1.37 bits per heavy atom. The molecule has 1 N–H and O–H groups in total. The zero-order chi connectivity index (χ0) is 21.3. The Bertz CT molecular complexity index is 836. The molecule has 0 aromatic heterocycles. The Labute approximate surface area is 161 Å². The van der Waals surface area contributed by atoms with Crippen LogP contribution in [0.2, 0.25) is 10.0 Å². The normalized spacial score (nSPS) is 9.07. The molecule has 0 amide bonds. The second-order valence-electron chi connectivity index (χ2n) is 4.55. The highest BCUT2D eigenvalue weighted by atomic mass is 35.5. The molecular weight excluding hydrogens is 411 g/mol. The summed E-state index contributed by atoms with van der Waals surface area (Å²) >= 11 is 10.8. The standard InChI is InChI=1S/C7H5ClFNO2.C6H3ClFNO3.C2H3N/c1-4-2-7(10(11)12)6(9)3-5(4)8;7-3-1-4(8)5(9(11)12)2-6(3)10;1-2-3/h2-3H,1H3;1-2,10H;1H3. The lowest BCUT2D eigenvalue weighted by Crippen LogP contribution is -1.93. The lowest BCUT2D eigenvalue weighted by Gasteiger charge is -1.97. The number of nitro groups is 2. The minimum absolute atomic E-state index is 0.193. The first-order valence-electron chi connectivity index (χ1n) is 6.69. The van der Waals surface area contributed by atoms with Crippen LogP contribution in [0.1, 0.15) is 12.5 Å². The number of phenolic OH excluding ortho intramolecular Hbond substituents is 1. The fraction of sp³-hybridized carbons (Fsp3) is 0.133. The number of hydrogen-bond donors (Lipinski definition) is 1. The van der Waals surface area contributed by atoms with E-state index in [1.165, 1.54) is 6.92 Å². The predicted octanol–water partition coefficient (Wildman–Crippen LogP) is 5.32. The fourth-order valence-electron chi connectivity index (χ4n) is 1.45. The van der Waals surface area contributed by atoms with Crippen LogP contribution < -0.4 is 0 Å². The Kier molecular flexibility index (Phi) is 9.63. The number of nitriles is 1. The van der Waals surface area contributed by atoms with E-state index < -0.39 is 38.6 Å². The molecule has 0 unspecified atom stereocenters. The van der Waals surface area contributed by atoms with Crippen LogP contribution in [-0.2, 0) is 0 Å². The Balaban J connectivity index is 0.000000438. The van der Waals surface area contributed by atoms with E-state index in [0.29, 0.717) is 17.7 Å². The maximum atomic E-state index is 12.8. The van der Waals surface area contributed by atoms with Gasteiger partial charge in [0.1, 0.15) is 5.75 Å². The number of aryl methyl sites for hydroxylation is 1. The van der Waals surface area contributed by atoms with Gasteiger partial charge in [-0.1, -0.05) is 23.2 Å². The van der Waals surface area contributed by atoms with Gasteiger partial charge in [0.25, 0.3) is 0 Å². The first-order chi connectivity index (χ1) is 12.5. The third-order valence-corrected chi connectivity index (χ3v) is 3.35. The summed E-state index contributed by atoms with van der Waals surface area (Å²) < 4.78 is 25.4. The number of benzene rings is 2. The minimum Gasteiger partial charge on any atom is -0.506 e. The Hall–Kier alpha value is -3.03. The molecule has 0 aliphatic carbocycles. The number of phenols is 1. The van der Waals surface area contributed by atoms with Crippen molar-refractivity contribution in [3.63, 3.8) is 0 Å². The molecule has 0 aliphatic rings. The summed E-state index contributed by atoms with van der Waals surface area (Å²) in [7, 11) is 0. The van der Waals surface area contributed by atoms with Crippen LogP contribution in [0.15, 0.2) is 24.3 Å². The monoisotopic (exact) mass is 421 g/mol. The minimum atomic E-state index is -1.07. The van der Waals surface area contributed by atoms with Crippen molar-refractivity contribution in [2.45, 2.75) is 13.8 Å². The van der Waals surface area contributed by atoms with Crippen molar-refractivity contribution in [2.75, 3.05) is 0 Å². The van der Waals surface area contributed by atoms with Crippen molar-refractivity contribution in [3.05, 3.63) is 71.7 Å². The van der Waals surface area contributed by atoms with Crippen molar-refractivity contribution in [3.8, 4) is 11.8 Å². The summed E-state index contributed by atoms with van der Waals surface area (Å²) in [5.41, 5.74) is -0.849. The molecule has 12 heteroatoms. The second-order valence-corrected chi connectivity index (χ2v) is 5.36. The molecule has 0 bridgehead atoms. The summed E-state index contributed by atoms with van der Waals surface area (Å²) in [6, 6.07) is 5.15. The molecule has 8 nitrogen and oxygen atoms in total. The summed E-state index contributed by atoms with van der Waals surface area (Å²) in [6.45, 7) is 3.01. The Morgan fingerprint density at radius 3 is 1.78 bits per heavy atom. The van der Waals surface area contributed by atoms with Gasteiger partial charge in [-0.2, -0.15) is 14.0 Å². The summed E-state index contributed by atoms with van der Waals surface area (Å²) in [5, 5.41) is 36.4. The second kappa shape index (κ2) is 10.8. The van der Waals surface area contributed by atoms with Gasteiger partial charge in [0.2, 0.25) is 11.6 Å². The third-order valence-electron chi connectivity index (χ3n) is 2.64. The van der Waals surface area contributed by atoms with Gasteiger partial charge < -0.3 is 5.11 Å². The largest absolute Gasteiger partial charge is 0.506 e. The predicted molar refractivity (Wildman–Crippen MR) is 93.8 cm³/mol. The van der Waals surface area contributed by atoms with Crippen molar-refractivity contribution in [1.82, 2.24) is 0 Å². The molecule has 144 valence electrons. The van der Waals surface area contributed by atoms with E-state index in [0.717, 1.165) is 12.1 Å². The molecule has 0 aliphatic heterocycles. The maximum absolute atomic E-state index is 12.8. The molecule has 2 aromatic carbocycles. The van der Waals surface area contributed by atoms with Crippen molar-refractivity contribution >= 4 is 34.6 Å². The van der Waals surface area contributed by atoms with Crippen molar-refractivity contribution in [1.29, 1.82) is 5.26 Å². The highest BCUT2D eigenvalue weighted by Gasteiger charge is 2.17. The molecule has 0 spiro atoms.